The van der Waals surface area contributed by atoms with E-state index in [-0.39, 0.29) is 6.61 Å². The Hall–Kier alpha value is -0.270. The summed E-state index contributed by atoms with van der Waals surface area (Å²) in [4.78, 5) is 15.2. The SMILES string of the molecule is CSS/C(CCO[N+](=O)[O-])=C(/C)C=S. The molecule has 80 valence electrons. The predicted molar refractivity (Wildman–Crippen MR) is 65.0 cm³/mol. The smallest absolute Gasteiger partial charge is 0.294 e. The second kappa shape index (κ2) is 8.07. The Balaban J connectivity index is 4.10. The van der Waals surface area contributed by atoms with Crippen LogP contribution >= 0.6 is 33.8 Å². The molecule has 0 aromatic rings. The van der Waals surface area contributed by atoms with Crippen molar-refractivity contribution in [3.05, 3.63) is 20.6 Å². The van der Waals surface area contributed by atoms with Gasteiger partial charge in [-0.3, -0.25) is 0 Å². The molecule has 0 aromatic heterocycles. The molecule has 0 unspecified atom stereocenters. The quantitative estimate of drug-likeness (QED) is 0.229. The number of hydrogen-bond acceptors (Lipinski definition) is 6. The molecule has 0 saturated carbocycles. The van der Waals surface area contributed by atoms with Crippen molar-refractivity contribution in [3.63, 3.8) is 0 Å². The van der Waals surface area contributed by atoms with Crippen molar-refractivity contribution in [1.29, 1.82) is 0 Å². The molecule has 14 heavy (non-hydrogen) atoms. The minimum absolute atomic E-state index is 0.0798. The Labute approximate surface area is 96.0 Å². The Morgan fingerprint density at radius 2 is 2.36 bits per heavy atom. The van der Waals surface area contributed by atoms with Gasteiger partial charge in [-0.05, 0) is 18.8 Å². The van der Waals surface area contributed by atoms with Gasteiger partial charge in [-0.25, -0.2) is 0 Å². The molecular weight excluding hydrogens is 242 g/mol. The van der Waals surface area contributed by atoms with Gasteiger partial charge >= 0.3 is 0 Å². The van der Waals surface area contributed by atoms with E-state index >= 15 is 0 Å². The summed E-state index contributed by atoms with van der Waals surface area (Å²) in [5.74, 6) is 0. The van der Waals surface area contributed by atoms with E-state index in [0.717, 1.165) is 10.5 Å². The van der Waals surface area contributed by atoms with Gasteiger partial charge < -0.3 is 4.84 Å². The van der Waals surface area contributed by atoms with Gasteiger partial charge in [0.15, 0.2) is 0 Å². The van der Waals surface area contributed by atoms with Crippen LogP contribution in [0, 0.1) is 10.1 Å². The van der Waals surface area contributed by atoms with Crippen molar-refractivity contribution in [2.75, 3.05) is 12.9 Å². The van der Waals surface area contributed by atoms with Gasteiger partial charge in [-0.2, -0.15) is 0 Å². The minimum Gasteiger partial charge on any atom is -0.314 e. The van der Waals surface area contributed by atoms with Gasteiger partial charge in [0, 0.05) is 16.7 Å². The minimum atomic E-state index is -0.784. The Bertz CT molecular complexity index is 242. The average molecular weight is 253 g/mol. The molecule has 0 spiro atoms. The van der Waals surface area contributed by atoms with Crippen LogP contribution in [-0.4, -0.2) is 23.3 Å². The van der Waals surface area contributed by atoms with E-state index in [9.17, 15) is 10.1 Å². The molecule has 0 fully saturated rings. The van der Waals surface area contributed by atoms with Crippen LogP contribution in [0.4, 0.5) is 0 Å². The van der Waals surface area contributed by atoms with Crippen LogP contribution < -0.4 is 0 Å². The fourth-order valence-electron chi connectivity index (χ4n) is 0.684. The highest BCUT2D eigenvalue weighted by molar-refractivity contribution is 8.77. The van der Waals surface area contributed by atoms with Crippen LogP contribution in [0.3, 0.4) is 0 Å². The predicted octanol–water partition coefficient (Wildman–Crippen LogP) is 2.87. The maximum atomic E-state index is 9.90. The molecule has 0 rings (SSSR count). The third-order valence-electron chi connectivity index (χ3n) is 1.33. The summed E-state index contributed by atoms with van der Waals surface area (Å²) in [5.41, 5.74) is 0.964. The van der Waals surface area contributed by atoms with Crippen LogP contribution in [-0.2, 0) is 4.84 Å². The number of nitrogens with zero attached hydrogens (tertiary/aromatic N) is 1. The molecule has 0 radical (unpaired) electrons. The van der Waals surface area contributed by atoms with E-state index in [0.29, 0.717) is 6.42 Å². The van der Waals surface area contributed by atoms with Gasteiger partial charge in [0.1, 0.15) is 6.61 Å². The van der Waals surface area contributed by atoms with E-state index in [2.05, 4.69) is 4.84 Å². The molecule has 0 aliphatic heterocycles. The van der Waals surface area contributed by atoms with Crippen LogP contribution in [0.2, 0.25) is 0 Å². The molecular formula is C7H11NO3S3. The molecule has 0 N–H and O–H groups in total. The molecule has 0 aliphatic carbocycles. The van der Waals surface area contributed by atoms with Gasteiger partial charge in [0.25, 0.3) is 5.09 Å². The Morgan fingerprint density at radius 3 is 2.79 bits per heavy atom. The number of thiocarbonyl (C=S) groups is 1. The number of hydrogen-bond donors (Lipinski definition) is 0. The zero-order chi connectivity index (χ0) is 11.0. The van der Waals surface area contributed by atoms with Gasteiger partial charge in [-0.15, -0.1) is 10.1 Å². The lowest BCUT2D eigenvalue weighted by Crippen LogP contribution is -2.02. The first kappa shape index (κ1) is 13.7. The third kappa shape index (κ3) is 6.22. The molecule has 0 saturated heterocycles. The molecule has 7 heteroatoms. The first-order chi connectivity index (χ1) is 6.61. The molecule has 0 amide bonds. The standard InChI is InChI=1S/C7H11NO3S3/c1-6(5-12)7(14-13-2)3-4-11-8(9)10/h5H,3-4H2,1-2H3/b7-6-. The molecule has 0 heterocycles. The van der Waals surface area contributed by atoms with Crippen molar-refractivity contribution in [2.45, 2.75) is 13.3 Å². The molecule has 0 aliphatic rings. The van der Waals surface area contributed by atoms with Crippen LogP contribution in [0.5, 0.6) is 0 Å². The molecule has 0 bridgehead atoms. The van der Waals surface area contributed by atoms with E-state index in [1.54, 1.807) is 27.0 Å². The van der Waals surface area contributed by atoms with Gasteiger partial charge in [-0.1, -0.05) is 33.8 Å². The van der Waals surface area contributed by atoms with Crippen molar-refractivity contribution in [3.8, 4) is 0 Å². The maximum absolute atomic E-state index is 9.90. The van der Waals surface area contributed by atoms with Crippen LogP contribution in [0.15, 0.2) is 10.5 Å². The highest BCUT2D eigenvalue weighted by atomic mass is 33.1. The molecule has 0 atom stereocenters. The van der Waals surface area contributed by atoms with Crippen molar-refractivity contribution in [2.24, 2.45) is 0 Å². The summed E-state index contributed by atoms with van der Waals surface area (Å²) < 4.78 is 0. The lowest BCUT2D eigenvalue weighted by molar-refractivity contribution is -0.757. The highest BCUT2D eigenvalue weighted by Gasteiger charge is 2.03. The number of rotatable bonds is 7. The van der Waals surface area contributed by atoms with E-state index in [4.69, 9.17) is 12.2 Å². The normalized spacial score (nSPS) is 11.9. The van der Waals surface area contributed by atoms with Crippen LogP contribution in [0.25, 0.3) is 0 Å². The molecule has 0 aromatic carbocycles. The third-order valence-corrected chi connectivity index (χ3v) is 3.68. The first-order valence-corrected chi connectivity index (χ1v) is 6.77. The van der Waals surface area contributed by atoms with E-state index in [1.165, 1.54) is 0 Å². The fraction of sp³-hybridized carbons (Fsp3) is 0.571. The summed E-state index contributed by atoms with van der Waals surface area (Å²) in [6.07, 6.45) is 2.46. The van der Waals surface area contributed by atoms with Crippen molar-refractivity contribution >= 4 is 39.2 Å². The second-order valence-electron chi connectivity index (χ2n) is 2.28. The number of allylic oxidation sites excluding steroid dienone is 1. The molecule has 4 nitrogen and oxygen atoms in total. The second-order valence-corrected chi connectivity index (χ2v) is 5.01. The highest BCUT2D eigenvalue weighted by Crippen LogP contribution is 2.31. The summed E-state index contributed by atoms with van der Waals surface area (Å²) in [7, 11) is 3.14. The monoisotopic (exact) mass is 253 g/mol. The average Bonchev–Trinajstić information content (AvgIpc) is 2.15. The zero-order valence-electron chi connectivity index (χ0n) is 7.89. The summed E-state index contributed by atoms with van der Waals surface area (Å²) >= 11 is 4.79. The van der Waals surface area contributed by atoms with E-state index in [1.807, 2.05) is 13.2 Å². The maximum Gasteiger partial charge on any atom is 0.294 e. The summed E-state index contributed by atoms with van der Waals surface area (Å²) in [6, 6.07) is 0. The summed E-state index contributed by atoms with van der Waals surface area (Å²) in [5, 5.41) is 10.7. The van der Waals surface area contributed by atoms with Crippen molar-refractivity contribution < 1.29 is 9.92 Å². The van der Waals surface area contributed by atoms with Crippen LogP contribution in [0.1, 0.15) is 13.3 Å². The Kier molecular flexibility index (Phi) is 7.92. The first-order valence-electron chi connectivity index (χ1n) is 3.74. The lowest BCUT2D eigenvalue weighted by Gasteiger charge is -2.06. The van der Waals surface area contributed by atoms with Crippen molar-refractivity contribution in [1.82, 2.24) is 0 Å². The largest absolute Gasteiger partial charge is 0.314 e. The van der Waals surface area contributed by atoms with Gasteiger partial charge in [0.2, 0.25) is 0 Å². The fourth-order valence-corrected chi connectivity index (χ4v) is 2.71. The topological polar surface area (TPSA) is 52.4 Å². The van der Waals surface area contributed by atoms with E-state index < -0.39 is 5.09 Å². The lowest BCUT2D eigenvalue weighted by atomic mass is 10.3. The zero-order valence-corrected chi connectivity index (χ0v) is 10.3. The summed E-state index contributed by atoms with van der Waals surface area (Å²) in [6.45, 7) is 1.97. The Morgan fingerprint density at radius 1 is 1.71 bits per heavy atom. The van der Waals surface area contributed by atoms with Gasteiger partial charge in [0.05, 0.1) is 0 Å².